The quantitative estimate of drug-likeness (QED) is 0.633. The van der Waals surface area contributed by atoms with Gasteiger partial charge in [0, 0.05) is 18.5 Å². The number of aliphatic carboxylic acids is 1. The van der Waals surface area contributed by atoms with E-state index in [0.29, 0.717) is 11.3 Å². The van der Waals surface area contributed by atoms with E-state index in [9.17, 15) is 14.7 Å². The standard InChI is InChI=1S/C20H21NO5/c1-26-18-11-14(7-9-17(18)22)8-10-19(23)21-13-16(12-20(24)25)15-5-3-2-4-6-15/h2-11,16,22H,12-13H2,1H3,(H,21,23)(H,24,25)/t16-/m0/s1. The molecule has 6 nitrogen and oxygen atoms in total. The van der Waals surface area contributed by atoms with Gasteiger partial charge in [-0.1, -0.05) is 36.4 Å². The summed E-state index contributed by atoms with van der Waals surface area (Å²) in [4.78, 5) is 23.1. The van der Waals surface area contributed by atoms with Crippen LogP contribution in [0.1, 0.15) is 23.5 Å². The molecule has 3 N–H and O–H groups in total. The Morgan fingerprint density at radius 1 is 1.19 bits per heavy atom. The second-order valence-corrected chi connectivity index (χ2v) is 5.72. The van der Waals surface area contributed by atoms with Gasteiger partial charge in [0.1, 0.15) is 0 Å². The normalized spacial score (nSPS) is 11.9. The van der Waals surface area contributed by atoms with E-state index in [1.165, 1.54) is 19.3 Å². The lowest BCUT2D eigenvalue weighted by atomic mass is 9.96. The van der Waals surface area contributed by atoms with Gasteiger partial charge in [-0.3, -0.25) is 9.59 Å². The average molecular weight is 355 g/mol. The van der Waals surface area contributed by atoms with Gasteiger partial charge >= 0.3 is 5.97 Å². The molecule has 136 valence electrons. The van der Waals surface area contributed by atoms with E-state index in [1.54, 1.807) is 18.2 Å². The summed E-state index contributed by atoms with van der Waals surface area (Å²) < 4.78 is 5.02. The molecule has 0 bridgehead atoms. The maximum Gasteiger partial charge on any atom is 0.304 e. The maximum atomic E-state index is 12.0. The molecule has 6 heteroatoms. The van der Waals surface area contributed by atoms with E-state index in [1.807, 2.05) is 30.3 Å². The molecule has 1 amide bonds. The number of nitrogens with one attached hydrogen (secondary N) is 1. The van der Waals surface area contributed by atoms with Gasteiger partial charge in [-0.25, -0.2) is 0 Å². The fourth-order valence-corrected chi connectivity index (χ4v) is 2.50. The number of carboxylic acid groups (broad SMARTS) is 1. The Labute approximate surface area is 151 Å². The molecule has 0 radical (unpaired) electrons. The summed E-state index contributed by atoms with van der Waals surface area (Å²) in [6.45, 7) is 0.221. The molecule has 0 aliphatic rings. The Bertz CT molecular complexity index is 786. The van der Waals surface area contributed by atoms with Crippen LogP contribution in [-0.2, 0) is 9.59 Å². The minimum Gasteiger partial charge on any atom is -0.504 e. The number of phenolic OH excluding ortho intramolecular Hbond substituents is 1. The van der Waals surface area contributed by atoms with Crippen LogP contribution in [-0.4, -0.2) is 35.7 Å². The fourth-order valence-electron chi connectivity index (χ4n) is 2.50. The van der Waals surface area contributed by atoms with E-state index in [0.717, 1.165) is 5.56 Å². The molecule has 2 rings (SSSR count). The van der Waals surface area contributed by atoms with Crippen molar-refractivity contribution in [2.24, 2.45) is 0 Å². The zero-order chi connectivity index (χ0) is 18.9. The van der Waals surface area contributed by atoms with E-state index < -0.39 is 5.97 Å². The van der Waals surface area contributed by atoms with Gasteiger partial charge in [0.2, 0.25) is 5.91 Å². The monoisotopic (exact) mass is 355 g/mol. The highest BCUT2D eigenvalue weighted by atomic mass is 16.5. The highest BCUT2D eigenvalue weighted by molar-refractivity contribution is 5.91. The van der Waals surface area contributed by atoms with Crippen molar-refractivity contribution < 1.29 is 24.5 Å². The third-order valence-electron chi connectivity index (χ3n) is 3.85. The van der Waals surface area contributed by atoms with Crippen LogP contribution < -0.4 is 10.1 Å². The van der Waals surface area contributed by atoms with Gasteiger partial charge in [0.15, 0.2) is 11.5 Å². The first-order valence-corrected chi connectivity index (χ1v) is 8.09. The second-order valence-electron chi connectivity index (χ2n) is 5.72. The highest BCUT2D eigenvalue weighted by Gasteiger charge is 2.16. The number of amides is 1. The number of carbonyl (C=O) groups excluding carboxylic acids is 1. The number of benzene rings is 2. The van der Waals surface area contributed by atoms with E-state index >= 15 is 0 Å². The summed E-state index contributed by atoms with van der Waals surface area (Å²) >= 11 is 0. The Morgan fingerprint density at radius 2 is 1.92 bits per heavy atom. The molecule has 0 aliphatic carbocycles. The number of carboxylic acids is 1. The van der Waals surface area contributed by atoms with Crippen molar-refractivity contribution in [3.63, 3.8) is 0 Å². The van der Waals surface area contributed by atoms with Crippen molar-refractivity contribution in [2.75, 3.05) is 13.7 Å². The van der Waals surface area contributed by atoms with E-state index in [2.05, 4.69) is 5.32 Å². The van der Waals surface area contributed by atoms with Crippen LogP contribution in [0.15, 0.2) is 54.6 Å². The number of aromatic hydroxyl groups is 1. The fraction of sp³-hybridized carbons (Fsp3) is 0.200. The topological polar surface area (TPSA) is 95.9 Å². The molecule has 0 aliphatic heterocycles. The smallest absolute Gasteiger partial charge is 0.304 e. The van der Waals surface area contributed by atoms with Crippen LogP contribution in [0.5, 0.6) is 11.5 Å². The molecule has 0 spiro atoms. The molecule has 1 atom stereocenters. The van der Waals surface area contributed by atoms with Crippen LogP contribution in [0, 0.1) is 0 Å². The van der Waals surface area contributed by atoms with Gasteiger partial charge in [0.25, 0.3) is 0 Å². The number of hydrogen-bond donors (Lipinski definition) is 3. The van der Waals surface area contributed by atoms with Gasteiger partial charge in [-0.2, -0.15) is 0 Å². The van der Waals surface area contributed by atoms with Crippen LogP contribution in [0.2, 0.25) is 0 Å². The minimum absolute atomic E-state index is 0.0217. The van der Waals surface area contributed by atoms with Crippen molar-refractivity contribution in [1.82, 2.24) is 5.32 Å². The largest absolute Gasteiger partial charge is 0.504 e. The van der Waals surface area contributed by atoms with Gasteiger partial charge in [-0.05, 0) is 29.3 Å². The molecule has 0 unspecified atom stereocenters. The molecule has 0 fully saturated rings. The predicted molar refractivity (Wildman–Crippen MR) is 98.1 cm³/mol. The van der Waals surface area contributed by atoms with Gasteiger partial charge < -0.3 is 20.3 Å². The second kappa shape index (κ2) is 9.27. The van der Waals surface area contributed by atoms with Crippen molar-refractivity contribution >= 4 is 18.0 Å². The summed E-state index contributed by atoms with van der Waals surface area (Å²) in [5.41, 5.74) is 1.56. The summed E-state index contributed by atoms with van der Waals surface area (Å²) in [6.07, 6.45) is 2.88. The number of carbonyl (C=O) groups is 2. The van der Waals surface area contributed by atoms with Crippen LogP contribution >= 0.6 is 0 Å². The van der Waals surface area contributed by atoms with Crippen LogP contribution in [0.25, 0.3) is 6.08 Å². The third kappa shape index (κ3) is 5.66. The molecule has 26 heavy (non-hydrogen) atoms. The lowest BCUT2D eigenvalue weighted by molar-refractivity contribution is -0.137. The van der Waals surface area contributed by atoms with Crippen molar-refractivity contribution in [3.05, 3.63) is 65.7 Å². The lowest BCUT2D eigenvalue weighted by Gasteiger charge is -2.15. The van der Waals surface area contributed by atoms with Crippen LogP contribution in [0.4, 0.5) is 0 Å². The molecule has 0 saturated carbocycles. The van der Waals surface area contributed by atoms with Crippen LogP contribution in [0.3, 0.4) is 0 Å². The zero-order valence-electron chi connectivity index (χ0n) is 14.4. The Balaban J connectivity index is 1.98. The number of phenols is 1. The van der Waals surface area contributed by atoms with Crippen molar-refractivity contribution in [2.45, 2.75) is 12.3 Å². The average Bonchev–Trinajstić information content (AvgIpc) is 2.64. The number of rotatable bonds is 8. The summed E-state index contributed by atoms with van der Waals surface area (Å²) in [7, 11) is 1.45. The number of ether oxygens (including phenoxy) is 1. The maximum absolute atomic E-state index is 12.0. The first-order valence-electron chi connectivity index (χ1n) is 8.09. The van der Waals surface area contributed by atoms with Gasteiger partial charge in [0.05, 0.1) is 13.5 Å². The molecular weight excluding hydrogens is 334 g/mol. The zero-order valence-corrected chi connectivity index (χ0v) is 14.4. The Morgan fingerprint density at radius 3 is 2.58 bits per heavy atom. The lowest BCUT2D eigenvalue weighted by Crippen LogP contribution is -2.28. The van der Waals surface area contributed by atoms with Crippen molar-refractivity contribution in [1.29, 1.82) is 0 Å². The number of hydrogen-bond acceptors (Lipinski definition) is 4. The molecule has 2 aromatic rings. The third-order valence-corrected chi connectivity index (χ3v) is 3.85. The molecule has 0 aromatic heterocycles. The molecule has 0 saturated heterocycles. The van der Waals surface area contributed by atoms with E-state index in [4.69, 9.17) is 9.84 Å². The summed E-state index contributed by atoms with van der Waals surface area (Å²) in [6, 6.07) is 14.0. The molecule has 0 heterocycles. The molecular formula is C20H21NO5. The summed E-state index contributed by atoms with van der Waals surface area (Å²) in [5, 5.41) is 21.4. The number of methoxy groups -OCH3 is 1. The predicted octanol–water partition coefficient (Wildman–Crippen LogP) is 2.79. The van der Waals surface area contributed by atoms with Crippen molar-refractivity contribution in [3.8, 4) is 11.5 Å². The minimum atomic E-state index is -0.917. The Hall–Kier alpha value is -3.28. The summed E-state index contributed by atoms with van der Waals surface area (Å²) in [5.74, 6) is -1.21. The molecule has 2 aromatic carbocycles. The van der Waals surface area contributed by atoms with E-state index in [-0.39, 0.29) is 30.5 Å². The highest BCUT2D eigenvalue weighted by Crippen LogP contribution is 2.26. The van der Waals surface area contributed by atoms with Gasteiger partial charge in [-0.15, -0.1) is 0 Å². The SMILES string of the molecule is COc1cc(C=CC(=O)NC[C@H](CC(=O)O)c2ccccc2)ccc1O. The first-order chi connectivity index (χ1) is 12.5. The first kappa shape index (κ1) is 19.1. The Kier molecular flexibility index (Phi) is 6.79.